The lowest BCUT2D eigenvalue weighted by Crippen LogP contribution is -2.12. The van der Waals surface area contributed by atoms with E-state index in [9.17, 15) is 4.79 Å². The highest BCUT2D eigenvalue weighted by Crippen LogP contribution is 2.20. The summed E-state index contributed by atoms with van der Waals surface area (Å²) >= 11 is 4.64. The van der Waals surface area contributed by atoms with Gasteiger partial charge in [0.05, 0.1) is 5.56 Å². The number of aromatic nitrogens is 3. The Bertz CT molecular complexity index is 585. The van der Waals surface area contributed by atoms with E-state index in [1.54, 1.807) is 18.3 Å². The van der Waals surface area contributed by atoms with Gasteiger partial charge in [-0.25, -0.2) is 4.98 Å². The molecule has 0 radical (unpaired) electrons. The summed E-state index contributed by atoms with van der Waals surface area (Å²) in [5.41, 5.74) is 0.475. The summed E-state index contributed by atoms with van der Waals surface area (Å²) in [4.78, 5) is 16.0. The van der Waals surface area contributed by atoms with E-state index in [1.807, 2.05) is 0 Å². The third-order valence-corrected chi connectivity index (χ3v) is 3.77. The van der Waals surface area contributed by atoms with E-state index in [0.29, 0.717) is 21.2 Å². The number of amides is 1. The van der Waals surface area contributed by atoms with Crippen molar-refractivity contribution in [3.05, 3.63) is 33.5 Å². The largest absolute Gasteiger partial charge is 0.296 e. The maximum absolute atomic E-state index is 12.0. The van der Waals surface area contributed by atoms with Gasteiger partial charge in [0.2, 0.25) is 5.13 Å². The number of carbonyl (C=O) groups is 1. The monoisotopic (exact) mass is 340 g/mol. The maximum atomic E-state index is 12.0. The van der Waals surface area contributed by atoms with Crippen LogP contribution >= 0.6 is 27.3 Å². The molecule has 0 bridgehead atoms. The Labute approximate surface area is 123 Å². The van der Waals surface area contributed by atoms with Crippen LogP contribution in [0, 0.1) is 5.92 Å². The lowest BCUT2D eigenvalue weighted by molar-refractivity contribution is 0.102. The van der Waals surface area contributed by atoms with Gasteiger partial charge >= 0.3 is 0 Å². The van der Waals surface area contributed by atoms with Crippen LogP contribution in [0.25, 0.3) is 0 Å². The molecule has 0 unspecified atom stereocenters. The van der Waals surface area contributed by atoms with Crippen LogP contribution in [-0.2, 0) is 6.42 Å². The second kappa shape index (κ2) is 6.21. The minimum atomic E-state index is -0.243. The van der Waals surface area contributed by atoms with Crippen LogP contribution in [0.3, 0.4) is 0 Å². The van der Waals surface area contributed by atoms with Crippen LogP contribution in [-0.4, -0.2) is 21.1 Å². The molecular weight excluding hydrogens is 328 g/mol. The van der Waals surface area contributed by atoms with Gasteiger partial charge in [-0.2, -0.15) is 0 Å². The zero-order chi connectivity index (χ0) is 13.8. The first-order valence-electron chi connectivity index (χ1n) is 5.80. The molecule has 0 aromatic carbocycles. The van der Waals surface area contributed by atoms with Crippen molar-refractivity contribution in [3.8, 4) is 0 Å². The van der Waals surface area contributed by atoms with Crippen molar-refractivity contribution in [2.24, 2.45) is 5.92 Å². The molecule has 0 saturated carbocycles. The fourth-order valence-electron chi connectivity index (χ4n) is 1.46. The molecule has 7 heteroatoms. The topological polar surface area (TPSA) is 67.8 Å². The molecule has 1 N–H and O–H groups in total. The van der Waals surface area contributed by atoms with Crippen molar-refractivity contribution in [2.75, 3.05) is 5.32 Å². The Morgan fingerprint density at radius 1 is 1.47 bits per heavy atom. The molecule has 0 aliphatic carbocycles. The standard InChI is InChI=1S/C12H13BrN4OS/c1-7(2)6-9-16-17-12(19-9)15-11(18)8-4-3-5-14-10(8)13/h3-5,7H,6H2,1-2H3,(H,15,17,18). The fourth-order valence-corrected chi connectivity index (χ4v) is 2.83. The van der Waals surface area contributed by atoms with Crippen molar-refractivity contribution >= 4 is 38.3 Å². The highest BCUT2D eigenvalue weighted by atomic mass is 79.9. The van der Waals surface area contributed by atoms with E-state index >= 15 is 0 Å². The summed E-state index contributed by atoms with van der Waals surface area (Å²) in [6.45, 7) is 4.23. The molecule has 0 spiro atoms. The van der Waals surface area contributed by atoms with Gasteiger partial charge in [0.15, 0.2) is 0 Å². The second-order valence-corrected chi connectivity index (χ2v) is 6.21. The predicted octanol–water partition coefficient (Wildman–Crippen LogP) is 3.15. The van der Waals surface area contributed by atoms with Gasteiger partial charge in [0.1, 0.15) is 9.61 Å². The van der Waals surface area contributed by atoms with Crippen molar-refractivity contribution < 1.29 is 4.79 Å². The second-order valence-electron chi connectivity index (χ2n) is 4.39. The molecule has 0 aliphatic rings. The van der Waals surface area contributed by atoms with E-state index in [-0.39, 0.29) is 5.91 Å². The first-order valence-corrected chi connectivity index (χ1v) is 7.41. The molecule has 1 amide bonds. The Morgan fingerprint density at radius 2 is 2.26 bits per heavy atom. The van der Waals surface area contributed by atoms with E-state index in [1.165, 1.54) is 11.3 Å². The molecule has 0 atom stereocenters. The van der Waals surface area contributed by atoms with Crippen molar-refractivity contribution in [1.82, 2.24) is 15.2 Å². The molecule has 2 aromatic heterocycles. The third kappa shape index (κ3) is 3.81. The summed E-state index contributed by atoms with van der Waals surface area (Å²) in [5, 5.41) is 12.2. The smallest absolute Gasteiger partial charge is 0.260 e. The van der Waals surface area contributed by atoms with Gasteiger partial charge < -0.3 is 0 Å². The highest BCUT2D eigenvalue weighted by Gasteiger charge is 2.13. The van der Waals surface area contributed by atoms with E-state index in [2.05, 4.69) is 50.3 Å². The molecular formula is C12H13BrN4OS. The Hall–Kier alpha value is -1.34. The predicted molar refractivity (Wildman–Crippen MR) is 78.3 cm³/mol. The van der Waals surface area contributed by atoms with E-state index in [0.717, 1.165) is 11.4 Å². The first-order chi connectivity index (χ1) is 9.06. The van der Waals surface area contributed by atoms with Crippen LogP contribution < -0.4 is 5.32 Å². The average molecular weight is 341 g/mol. The van der Waals surface area contributed by atoms with Crippen molar-refractivity contribution in [1.29, 1.82) is 0 Å². The molecule has 5 nitrogen and oxygen atoms in total. The number of halogens is 1. The van der Waals surface area contributed by atoms with Crippen LogP contribution in [0.5, 0.6) is 0 Å². The number of nitrogens with zero attached hydrogens (tertiary/aromatic N) is 3. The van der Waals surface area contributed by atoms with Gasteiger partial charge in [-0.15, -0.1) is 10.2 Å². The third-order valence-electron chi connectivity index (χ3n) is 2.27. The Balaban J connectivity index is 2.07. The summed E-state index contributed by atoms with van der Waals surface area (Å²) in [5.74, 6) is 0.274. The van der Waals surface area contributed by atoms with E-state index in [4.69, 9.17) is 0 Å². The van der Waals surface area contributed by atoms with Gasteiger partial charge in [-0.05, 0) is 34.0 Å². The number of rotatable bonds is 4. The molecule has 19 heavy (non-hydrogen) atoms. The first kappa shape index (κ1) is 14.1. The molecule has 0 saturated heterocycles. The number of pyridine rings is 1. The molecule has 100 valence electrons. The van der Waals surface area contributed by atoms with Crippen LogP contribution in [0.15, 0.2) is 22.9 Å². The zero-order valence-corrected chi connectivity index (χ0v) is 13.0. The lowest BCUT2D eigenvalue weighted by Gasteiger charge is -2.02. The number of carbonyl (C=O) groups excluding carboxylic acids is 1. The maximum Gasteiger partial charge on any atom is 0.260 e. The summed E-state index contributed by atoms with van der Waals surface area (Å²) in [7, 11) is 0. The van der Waals surface area contributed by atoms with Crippen LogP contribution in [0.2, 0.25) is 0 Å². The fraction of sp³-hybridized carbons (Fsp3) is 0.333. The molecule has 2 aromatic rings. The minimum Gasteiger partial charge on any atom is -0.296 e. The number of hydrogen-bond acceptors (Lipinski definition) is 5. The summed E-state index contributed by atoms with van der Waals surface area (Å²) in [6.07, 6.45) is 2.48. The molecule has 0 aliphatic heterocycles. The molecule has 2 rings (SSSR count). The van der Waals surface area contributed by atoms with Gasteiger partial charge in [0.25, 0.3) is 5.91 Å². The highest BCUT2D eigenvalue weighted by molar-refractivity contribution is 9.10. The summed E-state index contributed by atoms with van der Waals surface area (Å²) < 4.78 is 0.513. The van der Waals surface area contributed by atoms with E-state index < -0.39 is 0 Å². The zero-order valence-electron chi connectivity index (χ0n) is 10.6. The van der Waals surface area contributed by atoms with Crippen LogP contribution in [0.4, 0.5) is 5.13 Å². The van der Waals surface area contributed by atoms with Gasteiger partial charge in [-0.3, -0.25) is 10.1 Å². The normalized spacial score (nSPS) is 10.7. The SMILES string of the molecule is CC(C)Cc1nnc(NC(=O)c2cccnc2Br)s1. The van der Waals surface area contributed by atoms with Crippen molar-refractivity contribution in [3.63, 3.8) is 0 Å². The quantitative estimate of drug-likeness (QED) is 0.868. The minimum absolute atomic E-state index is 0.243. The molecule has 2 heterocycles. The van der Waals surface area contributed by atoms with Gasteiger partial charge in [0, 0.05) is 12.6 Å². The van der Waals surface area contributed by atoms with Crippen molar-refractivity contribution in [2.45, 2.75) is 20.3 Å². The number of nitrogens with one attached hydrogen (secondary N) is 1. The Morgan fingerprint density at radius 3 is 2.95 bits per heavy atom. The van der Waals surface area contributed by atoms with Crippen LogP contribution in [0.1, 0.15) is 29.2 Å². The lowest BCUT2D eigenvalue weighted by atomic mass is 10.1. The number of anilines is 1. The number of hydrogen-bond donors (Lipinski definition) is 1. The average Bonchev–Trinajstić information content (AvgIpc) is 2.76. The summed E-state index contributed by atoms with van der Waals surface area (Å²) in [6, 6.07) is 3.41. The van der Waals surface area contributed by atoms with Gasteiger partial charge in [-0.1, -0.05) is 25.2 Å². The molecule has 0 fully saturated rings. The Kier molecular flexibility index (Phi) is 4.60.